The monoisotopic (exact) mass is 389 g/mol. The average Bonchev–Trinajstić information content (AvgIpc) is 3.18. The zero-order valence-corrected chi connectivity index (χ0v) is 16.0. The Balaban J connectivity index is 1.45. The van der Waals surface area contributed by atoms with Crippen molar-refractivity contribution in [1.29, 1.82) is 0 Å². The molecule has 7 heteroatoms. The van der Waals surface area contributed by atoms with Gasteiger partial charge in [0, 0.05) is 6.08 Å². The number of rotatable bonds is 5. The lowest BCUT2D eigenvalue weighted by atomic mass is 10.2. The molecular weight excluding hydrogens is 370 g/mol. The molecule has 4 rings (SSSR count). The first-order valence-electron chi connectivity index (χ1n) is 9.05. The number of hydrogen-bond acceptors (Lipinski definition) is 6. The lowest BCUT2D eigenvalue weighted by Crippen LogP contribution is -2.12. The first kappa shape index (κ1) is 18.5. The van der Waals surface area contributed by atoms with Crippen LogP contribution in [-0.4, -0.2) is 22.7 Å². The maximum atomic E-state index is 12.4. The fraction of sp³-hybridized carbons (Fsp3) is 0.136. The van der Waals surface area contributed by atoms with Crippen LogP contribution >= 0.6 is 0 Å². The van der Waals surface area contributed by atoms with Gasteiger partial charge < -0.3 is 19.5 Å². The second kappa shape index (κ2) is 8.02. The van der Waals surface area contributed by atoms with Crippen molar-refractivity contribution >= 4 is 17.7 Å². The molecule has 7 nitrogen and oxygen atoms in total. The summed E-state index contributed by atoms with van der Waals surface area (Å²) in [5.74, 6) is 1.73. The number of anilines is 1. The van der Waals surface area contributed by atoms with Crippen LogP contribution in [0.25, 0.3) is 6.08 Å². The van der Waals surface area contributed by atoms with E-state index in [1.807, 2.05) is 48.5 Å². The molecule has 0 radical (unpaired) electrons. The Labute approximate surface area is 168 Å². The molecule has 1 aliphatic rings. The standard InChI is InChI=1S/C22H19N3O4/c1-14-21(15(2)24-22(23-14)29-17-6-4-3-5-7-17)25-20(26)11-9-16-8-10-18-19(12-16)28-13-27-18/h3-12H,13H2,1-2H3,(H,25,26)/b11-9+. The van der Waals surface area contributed by atoms with Crippen LogP contribution in [0.1, 0.15) is 17.0 Å². The quantitative estimate of drug-likeness (QED) is 0.657. The molecule has 0 saturated heterocycles. The van der Waals surface area contributed by atoms with Crippen molar-refractivity contribution in [3.8, 4) is 23.3 Å². The first-order valence-corrected chi connectivity index (χ1v) is 9.05. The maximum Gasteiger partial charge on any atom is 0.322 e. The summed E-state index contributed by atoms with van der Waals surface area (Å²) in [6.45, 7) is 3.80. The van der Waals surface area contributed by atoms with Crippen molar-refractivity contribution in [3.63, 3.8) is 0 Å². The van der Waals surface area contributed by atoms with Gasteiger partial charge in [0.25, 0.3) is 0 Å². The van der Waals surface area contributed by atoms with Crippen LogP contribution in [0.15, 0.2) is 54.6 Å². The van der Waals surface area contributed by atoms with Crippen molar-refractivity contribution in [2.24, 2.45) is 0 Å². The Morgan fingerprint density at radius 2 is 1.76 bits per heavy atom. The van der Waals surface area contributed by atoms with Crippen LogP contribution in [0.2, 0.25) is 0 Å². The third kappa shape index (κ3) is 4.35. The number of amides is 1. The van der Waals surface area contributed by atoms with Crippen molar-refractivity contribution in [1.82, 2.24) is 9.97 Å². The molecular formula is C22H19N3O4. The van der Waals surface area contributed by atoms with Gasteiger partial charge in [-0.3, -0.25) is 4.79 Å². The molecule has 2 aromatic carbocycles. The lowest BCUT2D eigenvalue weighted by molar-refractivity contribution is -0.111. The summed E-state index contributed by atoms with van der Waals surface area (Å²) in [5.41, 5.74) is 2.63. The van der Waals surface area contributed by atoms with Gasteiger partial charge >= 0.3 is 6.01 Å². The minimum absolute atomic E-state index is 0.214. The van der Waals surface area contributed by atoms with E-state index in [0.29, 0.717) is 34.3 Å². The number of hydrogen-bond donors (Lipinski definition) is 1. The highest BCUT2D eigenvalue weighted by Crippen LogP contribution is 2.32. The van der Waals surface area contributed by atoms with Gasteiger partial charge in [0.15, 0.2) is 11.5 Å². The molecule has 1 aromatic heterocycles. The molecule has 0 atom stereocenters. The Morgan fingerprint density at radius 1 is 1.03 bits per heavy atom. The van der Waals surface area contributed by atoms with Crippen molar-refractivity contribution < 1.29 is 19.0 Å². The number of ether oxygens (including phenoxy) is 3. The molecule has 1 amide bonds. The molecule has 0 unspecified atom stereocenters. The SMILES string of the molecule is Cc1nc(Oc2ccccc2)nc(C)c1NC(=O)/C=C/c1ccc2c(c1)OCO2. The van der Waals surface area contributed by atoms with Crippen molar-refractivity contribution in [2.45, 2.75) is 13.8 Å². The summed E-state index contributed by atoms with van der Waals surface area (Å²) >= 11 is 0. The summed E-state index contributed by atoms with van der Waals surface area (Å²) in [7, 11) is 0. The fourth-order valence-corrected chi connectivity index (χ4v) is 2.86. The van der Waals surface area contributed by atoms with Gasteiger partial charge in [-0.15, -0.1) is 0 Å². The maximum absolute atomic E-state index is 12.4. The smallest absolute Gasteiger partial charge is 0.322 e. The van der Waals surface area contributed by atoms with Crippen LogP contribution in [-0.2, 0) is 4.79 Å². The Kier molecular flexibility index (Phi) is 5.11. The third-order valence-electron chi connectivity index (χ3n) is 4.27. The number of fused-ring (bicyclic) bond motifs is 1. The largest absolute Gasteiger partial charge is 0.454 e. The summed E-state index contributed by atoms with van der Waals surface area (Å²) in [5, 5.41) is 2.83. The predicted molar refractivity (Wildman–Crippen MR) is 108 cm³/mol. The molecule has 0 aliphatic carbocycles. The Morgan fingerprint density at radius 3 is 2.52 bits per heavy atom. The summed E-state index contributed by atoms with van der Waals surface area (Å²) in [6, 6.07) is 15.0. The molecule has 2 heterocycles. The average molecular weight is 389 g/mol. The number of aromatic nitrogens is 2. The minimum atomic E-state index is -0.283. The molecule has 0 fully saturated rings. The summed E-state index contributed by atoms with van der Waals surface area (Å²) in [4.78, 5) is 21.0. The number of carbonyl (C=O) groups excluding carboxylic acids is 1. The number of para-hydroxylation sites is 1. The van der Waals surface area contributed by atoms with Gasteiger partial charge in [0.1, 0.15) is 5.75 Å². The topological polar surface area (TPSA) is 82.6 Å². The van der Waals surface area contributed by atoms with E-state index in [-0.39, 0.29) is 18.7 Å². The van der Waals surface area contributed by atoms with Crippen LogP contribution < -0.4 is 19.5 Å². The number of nitrogens with zero attached hydrogens (tertiary/aromatic N) is 2. The van der Waals surface area contributed by atoms with E-state index in [2.05, 4.69) is 15.3 Å². The molecule has 146 valence electrons. The van der Waals surface area contributed by atoms with Crippen LogP contribution in [0, 0.1) is 13.8 Å². The summed E-state index contributed by atoms with van der Waals surface area (Å²) in [6.07, 6.45) is 3.15. The van der Waals surface area contributed by atoms with Crippen LogP contribution in [0.3, 0.4) is 0 Å². The number of carbonyl (C=O) groups is 1. The van der Waals surface area contributed by atoms with E-state index in [9.17, 15) is 4.79 Å². The van der Waals surface area contributed by atoms with E-state index < -0.39 is 0 Å². The highest BCUT2D eigenvalue weighted by molar-refractivity contribution is 6.02. The zero-order chi connectivity index (χ0) is 20.2. The van der Waals surface area contributed by atoms with Gasteiger partial charge in [-0.1, -0.05) is 24.3 Å². The molecule has 0 spiro atoms. The van der Waals surface area contributed by atoms with Crippen LogP contribution in [0.4, 0.5) is 5.69 Å². The Hall–Kier alpha value is -3.87. The zero-order valence-electron chi connectivity index (χ0n) is 16.0. The molecule has 29 heavy (non-hydrogen) atoms. The van der Waals surface area contributed by atoms with Crippen LogP contribution in [0.5, 0.6) is 23.3 Å². The molecule has 3 aromatic rings. The molecule has 0 bridgehead atoms. The third-order valence-corrected chi connectivity index (χ3v) is 4.27. The molecule has 0 saturated carbocycles. The highest BCUT2D eigenvalue weighted by atomic mass is 16.7. The second-order valence-electron chi connectivity index (χ2n) is 6.40. The second-order valence-corrected chi connectivity index (χ2v) is 6.40. The lowest BCUT2D eigenvalue weighted by Gasteiger charge is -2.11. The van der Waals surface area contributed by atoms with Gasteiger partial charge in [-0.25, -0.2) is 0 Å². The van der Waals surface area contributed by atoms with E-state index in [1.165, 1.54) is 6.08 Å². The van der Waals surface area contributed by atoms with Gasteiger partial charge in [-0.05, 0) is 49.8 Å². The van der Waals surface area contributed by atoms with Gasteiger partial charge in [0.2, 0.25) is 12.7 Å². The highest BCUT2D eigenvalue weighted by Gasteiger charge is 2.13. The van der Waals surface area contributed by atoms with E-state index >= 15 is 0 Å². The number of aryl methyl sites for hydroxylation is 2. The summed E-state index contributed by atoms with van der Waals surface area (Å²) < 4.78 is 16.3. The molecule has 1 aliphatic heterocycles. The van der Waals surface area contributed by atoms with Gasteiger partial charge in [0.05, 0.1) is 17.1 Å². The Bertz CT molecular complexity index is 1060. The van der Waals surface area contributed by atoms with E-state index in [1.54, 1.807) is 19.9 Å². The fourth-order valence-electron chi connectivity index (χ4n) is 2.86. The minimum Gasteiger partial charge on any atom is -0.454 e. The predicted octanol–water partition coefficient (Wildman–Crippen LogP) is 4.27. The normalized spacial score (nSPS) is 12.2. The molecule has 1 N–H and O–H groups in total. The van der Waals surface area contributed by atoms with Gasteiger partial charge in [-0.2, -0.15) is 9.97 Å². The first-order chi connectivity index (χ1) is 14.1. The van der Waals surface area contributed by atoms with Crippen molar-refractivity contribution in [3.05, 3.63) is 71.6 Å². The number of benzene rings is 2. The number of nitrogens with one attached hydrogen (secondary N) is 1. The van der Waals surface area contributed by atoms with E-state index in [4.69, 9.17) is 14.2 Å². The van der Waals surface area contributed by atoms with E-state index in [0.717, 1.165) is 5.56 Å². The van der Waals surface area contributed by atoms with Crippen molar-refractivity contribution in [2.75, 3.05) is 12.1 Å².